The molecule has 0 unspecified atom stereocenters. The number of carboxylic acid groups (broad SMARTS) is 1. The third-order valence-electron chi connectivity index (χ3n) is 6.92. The van der Waals surface area contributed by atoms with Gasteiger partial charge in [-0.25, -0.2) is 9.78 Å². The van der Waals surface area contributed by atoms with Crippen LogP contribution in [0, 0.1) is 6.92 Å². The summed E-state index contributed by atoms with van der Waals surface area (Å²) >= 11 is 7.75. The predicted octanol–water partition coefficient (Wildman–Crippen LogP) is 7.88. The Kier molecular flexibility index (Phi) is 7.04. The highest BCUT2D eigenvalue weighted by Crippen LogP contribution is 2.45. The number of benzene rings is 3. The Morgan fingerprint density at radius 3 is 2.48 bits per heavy atom. The maximum absolute atomic E-state index is 12.6. The number of hydrogen-bond acceptors (Lipinski definition) is 7. The van der Waals surface area contributed by atoms with Crippen LogP contribution in [0.1, 0.15) is 38.0 Å². The first kappa shape index (κ1) is 28.0. The number of aromatic nitrogens is 5. The Morgan fingerprint density at radius 2 is 1.81 bits per heavy atom. The minimum absolute atomic E-state index is 0.596. The first-order valence-corrected chi connectivity index (χ1v) is 14.5. The van der Waals surface area contributed by atoms with Crippen molar-refractivity contribution in [3.63, 3.8) is 0 Å². The number of hydrogen-bond donors (Lipinski definition) is 1. The number of thiazole rings is 1. The lowest BCUT2D eigenvalue weighted by atomic mass is 9.91. The van der Waals surface area contributed by atoms with Crippen molar-refractivity contribution in [2.75, 3.05) is 0 Å². The molecule has 42 heavy (non-hydrogen) atoms. The molecule has 8 nitrogen and oxygen atoms in total. The number of aliphatic carboxylic acids is 1. The van der Waals surface area contributed by atoms with Crippen LogP contribution in [-0.2, 0) is 16.6 Å². The molecular weight excluding hydrogens is 570 g/mol. The Morgan fingerprint density at radius 1 is 1.07 bits per heavy atom. The van der Waals surface area contributed by atoms with E-state index in [1.54, 1.807) is 18.6 Å². The van der Waals surface area contributed by atoms with Gasteiger partial charge < -0.3 is 9.84 Å². The fraction of sp³-hybridized carbons (Fsp3) is 0.219. The van der Waals surface area contributed by atoms with Crippen LogP contribution in [0.2, 0.25) is 5.02 Å². The van der Waals surface area contributed by atoms with Crippen LogP contribution >= 0.6 is 22.9 Å². The summed E-state index contributed by atoms with van der Waals surface area (Å²) in [6, 6.07) is 15.5. The molecule has 0 fully saturated rings. The Hall–Kier alpha value is -4.18. The number of carbonyl (C=O) groups is 1. The Balaban J connectivity index is 1.59. The topological polar surface area (TPSA) is 103 Å². The summed E-state index contributed by atoms with van der Waals surface area (Å²) < 4.78 is 8.84. The van der Waals surface area contributed by atoms with Crippen molar-refractivity contribution >= 4 is 50.0 Å². The fourth-order valence-electron chi connectivity index (χ4n) is 5.17. The van der Waals surface area contributed by atoms with Crippen LogP contribution in [-0.4, -0.2) is 41.4 Å². The highest BCUT2D eigenvalue weighted by Gasteiger charge is 2.32. The van der Waals surface area contributed by atoms with Crippen molar-refractivity contribution in [3.05, 3.63) is 83.3 Å². The lowest BCUT2D eigenvalue weighted by Gasteiger charge is -2.28. The molecule has 0 aliphatic rings. The Labute approximate surface area is 251 Å². The summed E-state index contributed by atoms with van der Waals surface area (Å²) in [5, 5.41) is 17.4. The van der Waals surface area contributed by atoms with Crippen LogP contribution in [0.25, 0.3) is 54.2 Å². The van der Waals surface area contributed by atoms with Gasteiger partial charge in [-0.2, -0.15) is 5.10 Å². The lowest BCUT2D eigenvalue weighted by Crippen LogP contribution is -2.28. The Bertz CT molecular complexity index is 1960. The maximum atomic E-state index is 12.6. The fourth-order valence-corrected chi connectivity index (χ4v) is 6.42. The van der Waals surface area contributed by atoms with E-state index in [4.69, 9.17) is 26.4 Å². The van der Waals surface area contributed by atoms with Gasteiger partial charge in [0, 0.05) is 46.5 Å². The molecule has 0 spiro atoms. The zero-order chi connectivity index (χ0) is 29.8. The van der Waals surface area contributed by atoms with Crippen LogP contribution < -0.4 is 0 Å². The molecule has 3 heterocycles. The molecule has 1 N–H and O–H groups in total. The molecule has 0 aliphatic carbocycles. The van der Waals surface area contributed by atoms with Crippen molar-refractivity contribution in [1.82, 2.24) is 24.7 Å². The second kappa shape index (κ2) is 10.6. The highest BCUT2D eigenvalue weighted by atomic mass is 35.5. The van der Waals surface area contributed by atoms with E-state index < -0.39 is 17.7 Å². The van der Waals surface area contributed by atoms with E-state index in [1.807, 2.05) is 81.9 Å². The van der Waals surface area contributed by atoms with E-state index in [9.17, 15) is 9.90 Å². The number of rotatable bonds is 6. The van der Waals surface area contributed by atoms with Gasteiger partial charge in [-0.15, -0.1) is 11.3 Å². The minimum atomic E-state index is -1.17. The van der Waals surface area contributed by atoms with Crippen molar-refractivity contribution in [2.45, 2.75) is 39.4 Å². The van der Waals surface area contributed by atoms with Gasteiger partial charge in [-0.3, -0.25) is 14.6 Å². The molecule has 3 aromatic carbocycles. The van der Waals surface area contributed by atoms with Crippen LogP contribution in [0.5, 0.6) is 0 Å². The van der Waals surface area contributed by atoms with E-state index in [1.165, 1.54) is 11.3 Å². The van der Waals surface area contributed by atoms with E-state index in [2.05, 4.69) is 16.0 Å². The molecule has 6 rings (SSSR count). The van der Waals surface area contributed by atoms with Gasteiger partial charge in [-0.05, 0) is 75.2 Å². The number of halogens is 1. The molecular formula is C32H28ClN5O3S. The number of ether oxygens (including phenoxy) is 1. The standard InChI is InChI=1S/C32H28ClN5O3S/c1-17-14-22-29(26(18-6-9-20(33)10-7-18)25(17)28(31(39)40)41-32(2,3)4)42-30(36-22)19-8-11-24-21(15-19)27(37-38(24)5)23-16-34-12-13-35-23/h6-16,28H,1-5H3,(H,39,40)/t28-/m0/s1. The normalized spacial score (nSPS) is 12.7. The van der Waals surface area contributed by atoms with Gasteiger partial charge in [0.05, 0.1) is 27.5 Å². The van der Waals surface area contributed by atoms with E-state index in [0.29, 0.717) is 16.3 Å². The van der Waals surface area contributed by atoms with Gasteiger partial charge in [0.2, 0.25) is 0 Å². The number of nitrogens with zero attached hydrogens (tertiary/aromatic N) is 5. The van der Waals surface area contributed by atoms with Gasteiger partial charge in [0.1, 0.15) is 16.4 Å². The molecule has 0 saturated carbocycles. The second-order valence-electron chi connectivity index (χ2n) is 11.1. The van der Waals surface area contributed by atoms with Crippen LogP contribution in [0.4, 0.5) is 0 Å². The first-order valence-electron chi connectivity index (χ1n) is 13.3. The molecule has 0 saturated heterocycles. The van der Waals surface area contributed by atoms with Gasteiger partial charge in [0.25, 0.3) is 0 Å². The molecule has 0 amide bonds. The first-order chi connectivity index (χ1) is 20.0. The molecule has 0 bridgehead atoms. The quantitative estimate of drug-likeness (QED) is 0.208. The molecule has 3 aromatic heterocycles. The summed E-state index contributed by atoms with van der Waals surface area (Å²) in [4.78, 5) is 26.3. The third kappa shape index (κ3) is 5.15. The summed E-state index contributed by atoms with van der Waals surface area (Å²) in [6.45, 7) is 7.47. The molecule has 6 aromatic rings. The molecule has 1 atom stereocenters. The van der Waals surface area contributed by atoms with E-state index in [0.717, 1.165) is 54.1 Å². The summed E-state index contributed by atoms with van der Waals surface area (Å²) in [5.74, 6) is -1.05. The third-order valence-corrected chi connectivity index (χ3v) is 8.31. The van der Waals surface area contributed by atoms with E-state index in [-0.39, 0.29) is 0 Å². The monoisotopic (exact) mass is 597 g/mol. The van der Waals surface area contributed by atoms with Crippen molar-refractivity contribution in [3.8, 4) is 33.1 Å². The number of fused-ring (bicyclic) bond motifs is 2. The van der Waals surface area contributed by atoms with Gasteiger partial charge in [-0.1, -0.05) is 23.7 Å². The molecule has 0 radical (unpaired) electrons. The minimum Gasteiger partial charge on any atom is -0.479 e. The maximum Gasteiger partial charge on any atom is 0.337 e. The lowest BCUT2D eigenvalue weighted by molar-refractivity contribution is -0.160. The largest absolute Gasteiger partial charge is 0.479 e. The van der Waals surface area contributed by atoms with Crippen LogP contribution in [0.3, 0.4) is 0 Å². The SMILES string of the molecule is Cc1cc2nc(-c3ccc4c(c3)c(-c3cnccn3)nn4C)sc2c(-c2ccc(Cl)cc2)c1[C@H](OC(C)(C)C)C(=O)O. The molecule has 10 heteroatoms. The average molecular weight is 598 g/mol. The van der Waals surface area contributed by atoms with Crippen molar-refractivity contribution in [1.29, 1.82) is 0 Å². The highest BCUT2D eigenvalue weighted by molar-refractivity contribution is 7.22. The number of carboxylic acids is 1. The smallest absolute Gasteiger partial charge is 0.337 e. The summed E-state index contributed by atoms with van der Waals surface area (Å²) in [5.41, 5.74) is 6.43. The second-order valence-corrected chi connectivity index (χ2v) is 12.5. The predicted molar refractivity (Wildman–Crippen MR) is 167 cm³/mol. The number of aryl methyl sites for hydroxylation is 2. The van der Waals surface area contributed by atoms with Crippen molar-refractivity contribution < 1.29 is 14.6 Å². The zero-order valence-corrected chi connectivity index (χ0v) is 25.3. The molecule has 0 aliphatic heterocycles. The zero-order valence-electron chi connectivity index (χ0n) is 23.7. The summed E-state index contributed by atoms with van der Waals surface area (Å²) in [7, 11) is 1.90. The van der Waals surface area contributed by atoms with Crippen molar-refractivity contribution in [2.24, 2.45) is 7.05 Å². The summed E-state index contributed by atoms with van der Waals surface area (Å²) in [6.07, 6.45) is 3.82. The average Bonchev–Trinajstić information content (AvgIpc) is 3.52. The molecule has 212 valence electrons. The van der Waals surface area contributed by atoms with Gasteiger partial charge >= 0.3 is 5.97 Å². The van der Waals surface area contributed by atoms with Gasteiger partial charge in [0.15, 0.2) is 6.10 Å². The van der Waals surface area contributed by atoms with Crippen LogP contribution in [0.15, 0.2) is 67.1 Å². The van der Waals surface area contributed by atoms with E-state index >= 15 is 0 Å².